The Labute approximate surface area is 183 Å². The lowest BCUT2D eigenvalue weighted by Crippen LogP contribution is -2.37. The highest BCUT2D eigenvalue weighted by Gasteiger charge is 2.27. The van der Waals surface area contributed by atoms with Crippen molar-refractivity contribution < 1.29 is 18.7 Å². The van der Waals surface area contributed by atoms with E-state index < -0.39 is 5.82 Å². The van der Waals surface area contributed by atoms with E-state index in [-0.39, 0.29) is 35.4 Å². The number of carbonyl (C=O) groups excluding carboxylic acids is 2. The van der Waals surface area contributed by atoms with E-state index in [1.807, 2.05) is 0 Å². The Balaban J connectivity index is 1.51. The van der Waals surface area contributed by atoms with Gasteiger partial charge in [0.05, 0.1) is 5.57 Å². The Bertz CT molecular complexity index is 1200. The number of fused-ring (bicyclic) bond motifs is 1. The van der Waals surface area contributed by atoms with E-state index in [9.17, 15) is 14.0 Å². The van der Waals surface area contributed by atoms with Crippen LogP contribution < -0.4 is 10.5 Å². The summed E-state index contributed by atoms with van der Waals surface area (Å²) >= 11 is 0. The summed E-state index contributed by atoms with van der Waals surface area (Å²) in [6.45, 7) is 2.46. The van der Waals surface area contributed by atoms with Crippen LogP contribution in [0.1, 0.15) is 23.1 Å². The van der Waals surface area contributed by atoms with E-state index >= 15 is 0 Å². The van der Waals surface area contributed by atoms with Crippen LogP contribution in [0.4, 0.5) is 4.39 Å². The van der Waals surface area contributed by atoms with Crippen LogP contribution in [0.5, 0.6) is 5.88 Å². The van der Waals surface area contributed by atoms with Gasteiger partial charge in [-0.2, -0.15) is 0 Å². The van der Waals surface area contributed by atoms with Crippen molar-refractivity contribution in [2.24, 2.45) is 5.73 Å². The summed E-state index contributed by atoms with van der Waals surface area (Å²) in [5.74, 6) is 0.302. The molecule has 1 aromatic carbocycles. The van der Waals surface area contributed by atoms with Crippen LogP contribution >= 0.6 is 0 Å². The first-order valence-corrected chi connectivity index (χ1v) is 9.88. The zero-order valence-electron chi connectivity index (χ0n) is 17.6. The van der Waals surface area contributed by atoms with Gasteiger partial charge in [0, 0.05) is 43.7 Å². The van der Waals surface area contributed by atoms with Gasteiger partial charge in [0.1, 0.15) is 12.4 Å². The summed E-state index contributed by atoms with van der Waals surface area (Å²) in [5, 5.41) is 8.13. The van der Waals surface area contributed by atoms with Crippen molar-refractivity contribution in [1.82, 2.24) is 24.6 Å². The smallest absolute Gasteiger partial charge is 0.291 e. The third-order valence-electron chi connectivity index (χ3n) is 5.21. The minimum absolute atomic E-state index is 0.0912. The largest absolute Gasteiger partial charge is 0.473 e. The molecular formula is C22H21FN6O3. The van der Waals surface area contributed by atoms with Crippen molar-refractivity contribution in [2.45, 2.75) is 13.5 Å². The van der Waals surface area contributed by atoms with Gasteiger partial charge in [-0.1, -0.05) is 0 Å². The monoisotopic (exact) mass is 436 g/mol. The van der Waals surface area contributed by atoms with Crippen LogP contribution in [-0.2, 0) is 11.3 Å². The zero-order chi connectivity index (χ0) is 22.8. The van der Waals surface area contributed by atoms with E-state index in [4.69, 9.17) is 10.5 Å². The molecule has 0 spiro atoms. The highest BCUT2D eigenvalue weighted by atomic mass is 19.1. The van der Waals surface area contributed by atoms with Crippen LogP contribution in [0.15, 0.2) is 48.2 Å². The second kappa shape index (κ2) is 8.58. The number of halogens is 1. The standard InChI is InChI=1S/C22H21FN6O3/c1-13(30)17(19(24)14-3-6-16(23)7-4-14)12-32-18-8-5-15(11-25-18)20-26-27-21-22(31)28(2)9-10-29(20)21/h3-8,11H,9-10,12,24H2,1-2H3/b19-17-. The topological polar surface area (TPSA) is 116 Å². The number of aromatic nitrogens is 4. The third kappa shape index (κ3) is 4.07. The van der Waals surface area contributed by atoms with Crippen LogP contribution in [0.2, 0.25) is 0 Å². The van der Waals surface area contributed by atoms with Crippen molar-refractivity contribution in [3.8, 4) is 17.3 Å². The first kappa shape index (κ1) is 21.2. The molecule has 0 atom stereocenters. The number of amides is 1. The molecule has 1 aliphatic rings. The van der Waals surface area contributed by atoms with Gasteiger partial charge in [-0.25, -0.2) is 9.37 Å². The number of hydrogen-bond donors (Lipinski definition) is 1. The Hall–Kier alpha value is -4.08. The first-order valence-electron chi connectivity index (χ1n) is 9.88. The van der Waals surface area contributed by atoms with Gasteiger partial charge in [0.25, 0.3) is 5.91 Å². The highest BCUT2D eigenvalue weighted by Crippen LogP contribution is 2.23. The Kier molecular flexibility index (Phi) is 5.67. The van der Waals surface area contributed by atoms with Crippen molar-refractivity contribution in [3.05, 3.63) is 65.4 Å². The molecule has 0 radical (unpaired) electrons. The molecule has 0 fully saturated rings. The second-order valence-corrected chi connectivity index (χ2v) is 7.35. The van der Waals surface area contributed by atoms with Crippen LogP contribution in [0.3, 0.4) is 0 Å². The maximum absolute atomic E-state index is 13.2. The van der Waals surface area contributed by atoms with Crippen molar-refractivity contribution >= 4 is 17.4 Å². The minimum atomic E-state index is -0.392. The van der Waals surface area contributed by atoms with Crippen LogP contribution in [0.25, 0.3) is 17.1 Å². The molecule has 1 aliphatic heterocycles. The fourth-order valence-electron chi connectivity index (χ4n) is 3.33. The second-order valence-electron chi connectivity index (χ2n) is 7.35. The lowest BCUT2D eigenvalue weighted by molar-refractivity contribution is -0.113. The number of hydrogen-bond acceptors (Lipinski definition) is 7. The molecule has 32 heavy (non-hydrogen) atoms. The number of benzene rings is 1. The molecule has 0 aliphatic carbocycles. The number of ketones is 1. The molecule has 1 amide bonds. The number of Topliss-reactive ketones (excluding diaryl/α,β-unsaturated/α-hetero) is 1. The summed E-state index contributed by atoms with van der Waals surface area (Å²) in [6.07, 6.45) is 1.57. The molecule has 0 saturated heterocycles. The third-order valence-corrected chi connectivity index (χ3v) is 5.21. The number of nitrogens with two attached hydrogens (primary N) is 1. The maximum Gasteiger partial charge on any atom is 0.291 e. The predicted octanol–water partition coefficient (Wildman–Crippen LogP) is 1.90. The molecule has 3 heterocycles. The zero-order valence-corrected chi connectivity index (χ0v) is 17.6. The van der Waals surface area contributed by atoms with Gasteiger partial charge in [0.2, 0.25) is 11.7 Å². The van der Waals surface area contributed by atoms with E-state index in [1.165, 1.54) is 31.2 Å². The van der Waals surface area contributed by atoms with Crippen molar-refractivity contribution in [3.63, 3.8) is 0 Å². The molecule has 0 bridgehead atoms. The molecule has 4 rings (SSSR count). The quantitative estimate of drug-likeness (QED) is 0.587. The van der Waals surface area contributed by atoms with Crippen LogP contribution in [-0.4, -0.2) is 56.5 Å². The summed E-state index contributed by atoms with van der Waals surface area (Å²) in [7, 11) is 1.72. The normalized spacial score (nSPS) is 14.1. The molecule has 2 aromatic heterocycles. The van der Waals surface area contributed by atoms with Crippen molar-refractivity contribution in [2.75, 3.05) is 20.2 Å². The van der Waals surface area contributed by atoms with E-state index in [0.717, 1.165) is 0 Å². The lowest BCUT2D eigenvalue weighted by atomic mass is 10.0. The minimum Gasteiger partial charge on any atom is -0.473 e. The number of carbonyl (C=O) groups is 2. The fraction of sp³-hybridized carbons (Fsp3) is 0.227. The summed E-state index contributed by atoms with van der Waals surface area (Å²) < 4.78 is 20.6. The molecule has 10 heteroatoms. The van der Waals surface area contributed by atoms with Crippen molar-refractivity contribution in [1.29, 1.82) is 0 Å². The number of nitrogens with zero attached hydrogens (tertiary/aromatic N) is 5. The van der Waals surface area contributed by atoms with Gasteiger partial charge in [-0.05, 0) is 42.8 Å². The van der Waals surface area contributed by atoms with E-state index in [0.29, 0.717) is 35.9 Å². The summed E-state index contributed by atoms with van der Waals surface area (Å²) in [4.78, 5) is 30.1. The summed E-state index contributed by atoms with van der Waals surface area (Å²) in [5.41, 5.74) is 7.81. The molecule has 9 nitrogen and oxygen atoms in total. The van der Waals surface area contributed by atoms with Gasteiger partial charge >= 0.3 is 0 Å². The van der Waals surface area contributed by atoms with E-state index in [2.05, 4.69) is 15.2 Å². The Morgan fingerprint density at radius 1 is 1.12 bits per heavy atom. The number of rotatable bonds is 6. The molecule has 3 aromatic rings. The van der Waals surface area contributed by atoms with Gasteiger partial charge < -0.3 is 19.9 Å². The highest BCUT2D eigenvalue weighted by molar-refractivity contribution is 6.00. The summed E-state index contributed by atoms with van der Waals surface area (Å²) in [6, 6.07) is 8.94. The predicted molar refractivity (Wildman–Crippen MR) is 114 cm³/mol. The SMILES string of the molecule is CC(=O)/C(COc1ccc(-c2nnc3n2CCN(C)C3=O)cn1)=C(\N)c1ccc(F)cc1. The lowest BCUT2D eigenvalue weighted by Gasteiger charge is -2.23. The van der Waals surface area contributed by atoms with Crippen LogP contribution in [0, 0.1) is 5.82 Å². The fourth-order valence-corrected chi connectivity index (χ4v) is 3.33. The molecule has 2 N–H and O–H groups in total. The maximum atomic E-state index is 13.2. The average molecular weight is 436 g/mol. The number of ether oxygens (including phenoxy) is 1. The van der Waals surface area contributed by atoms with Gasteiger partial charge in [-0.3, -0.25) is 9.59 Å². The van der Waals surface area contributed by atoms with Gasteiger partial charge in [-0.15, -0.1) is 10.2 Å². The Morgan fingerprint density at radius 2 is 1.84 bits per heavy atom. The molecule has 164 valence electrons. The molecular weight excluding hydrogens is 415 g/mol. The average Bonchev–Trinajstić information content (AvgIpc) is 3.22. The molecule has 0 saturated carbocycles. The number of pyridine rings is 1. The first-order chi connectivity index (χ1) is 15.3. The van der Waals surface area contributed by atoms with E-state index in [1.54, 1.807) is 34.8 Å². The number of likely N-dealkylation sites (N-methyl/N-ethyl adjacent to an activating group) is 1. The Morgan fingerprint density at radius 3 is 2.50 bits per heavy atom. The van der Waals surface area contributed by atoms with Gasteiger partial charge in [0.15, 0.2) is 11.6 Å². The molecule has 0 unspecified atom stereocenters.